The SMILES string of the molecule is CC(C)COC(=O)N1CCCN(C(=O)C2CCN(S(=O)(=O)Cc3ccccc3)CC2)CC1. The van der Waals surface area contributed by atoms with Crippen LogP contribution in [0.1, 0.15) is 38.7 Å². The summed E-state index contributed by atoms with van der Waals surface area (Å²) in [6, 6.07) is 9.16. The van der Waals surface area contributed by atoms with Crippen LogP contribution in [0, 0.1) is 11.8 Å². The third-order valence-corrected chi connectivity index (χ3v) is 7.84. The molecule has 0 aromatic heterocycles. The molecular formula is C23H35N3O5S. The Morgan fingerprint density at radius 2 is 1.59 bits per heavy atom. The second-order valence-electron chi connectivity index (χ2n) is 9.05. The van der Waals surface area contributed by atoms with E-state index in [4.69, 9.17) is 4.74 Å². The van der Waals surface area contributed by atoms with E-state index in [2.05, 4.69) is 0 Å². The number of piperidine rings is 1. The molecule has 0 aliphatic carbocycles. The highest BCUT2D eigenvalue weighted by Crippen LogP contribution is 2.24. The second-order valence-corrected chi connectivity index (χ2v) is 11.0. The van der Waals surface area contributed by atoms with Crippen LogP contribution in [0.3, 0.4) is 0 Å². The van der Waals surface area contributed by atoms with Gasteiger partial charge in [0.25, 0.3) is 0 Å². The van der Waals surface area contributed by atoms with Crippen LogP contribution in [0.25, 0.3) is 0 Å². The van der Waals surface area contributed by atoms with Crippen LogP contribution in [-0.2, 0) is 25.3 Å². The lowest BCUT2D eigenvalue weighted by atomic mass is 9.96. The molecule has 8 nitrogen and oxygen atoms in total. The predicted molar refractivity (Wildman–Crippen MR) is 122 cm³/mol. The number of nitrogens with zero attached hydrogens (tertiary/aromatic N) is 3. The predicted octanol–water partition coefficient (Wildman–Crippen LogP) is 2.56. The summed E-state index contributed by atoms with van der Waals surface area (Å²) in [4.78, 5) is 28.8. The van der Waals surface area contributed by atoms with Crippen molar-refractivity contribution >= 4 is 22.0 Å². The van der Waals surface area contributed by atoms with Crippen LogP contribution in [0.15, 0.2) is 30.3 Å². The second kappa shape index (κ2) is 11.1. The largest absolute Gasteiger partial charge is 0.449 e. The zero-order valence-corrected chi connectivity index (χ0v) is 19.9. The quantitative estimate of drug-likeness (QED) is 0.644. The molecule has 2 aliphatic heterocycles. The van der Waals surface area contributed by atoms with Crippen molar-refractivity contribution < 1.29 is 22.7 Å². The molecule has 0 spiro atoms. The first kappa shape index (κ1) is 24.5. The lowest BCUT2D eigenvalue weighted by Gasteiger charge is -2.33. The molecule has 178 valence electrons. The van der Waals surface area contributed by atoms with E-state index in [1.165, 1.54) is 4.31 Å². The summed E-state index contributed by atoms with van der Waals surface area (Å²) in [7, 11) is -3.39. The fourth-order valence-corrected chi connectivity index (χ4v) is 5.73. The van der Waals surface area contributed by atoms with Gasteiger partial charge in [0.15, 0.2) is 0 Å². The van der Waals surface area contributed by atoms with Crippen molar-refractivity contribution in [1.29, 1.82) is 0 Å². The van der Waals surface area contributed by atoms with Gasteiger partial charge in [0.1, 0.15) is 0 Å². The monoisotopic (exact) mass is 465 g/mol. The van der Waals surface area contributed by atoms with Crippen LogP contribution >= 0.6 is 0 Å². The molecule has 1 aromatic carbocycles. The molecule has 2 aliphatic rings. The Bertz CT molecular complexity index is 867. The smallest absolute Gasteiger partial charge is 0.409 e. The molecule has 2 heterocycles. The Hall–Kier alpha value is -2.13. The van der Waals surface area contributed by atoms with Crippen LogP contribution in [0.2, 0.25) is 0 Å². The zero-order valence-electron chi connectivity index (χ0n) is 19.1. The van der Waals surface area contributed by atoms with Crippen molar-refractivity contribution in [2.45, 2.75) is 38.9 Å². The molecule has 0 saturated carbocycles. The molecule has 1 aromatic rings. The van der Waals surface area contributed by atoms with Gasteiger partial charge in [0.05, 0.1) is 12.4 Å². The van der Waals surface area contributed by atoms with Crippen LogP contribution < -0.4 is 0 Å². The highest BCUT2D eigenvalue weighted by atomic mass is 32.2. The fourth-order valence-electron chi connectivity index (χ4n) is 4.16. The molecule has 0 radical (unpaired) electrons. The number of sulfonamides is 1. The van der Waals surface area contributed by atoms with Gasteiger partial charge in [-0.2, -0.15) is 0 Å². The number of ether oxygens (including phenoxy) is 1. The molecule has 32 heavy (non-hydrogen) atoms. The summed E-state index contributed by atoms with van der Waals surface area (Å²) in [5, 5.41) is 0. The Morgan fingerprint density at radius 3 is 2.25 bits per heavy atom. The first-order valence-electron chi connectivity index (χ1n) is 11.5. The van der Waals surface area contributed by atoms with Gasteiger partial charge in [-0.25, -0.2) is 17.5 Å². The summed E-state index contributed by atoms with van der Waals surface area (Å²) >= 11 is 0. The fraction of sp³-hybridized carbons (Fsp3) is 0.652. The van der Waals surface area contributed by atoms with Crippen LogP contribution in [0.4, 0.5) is 4.79 Å². The van der Waals surface area contributed by atoms with Gasteiger partial charge >= 0.3 is 6.09 Å². The van der Waals surface area contributed by atoms with Gasteiger partial charge in [-0.05, 0) is 30.7 Å². The van der Waals surface area contributed by atoms with E-state index in [1.54, 1.807) is 4.90 Å². The van der Waals surface area contributed by atoms with E-state index in [9.17, 15) is 18.0 Å². The number of rotatable bonds is 6. The third-order valence-electron chi connectivity index (χ3n) is 5.99. The molecule has 0 bridgehead atoms. The van der Waals surface area contributed by atoms with Crippen LogP contribution in [-0.4, -0.2) is 80.4 Å². The first-order chi connectivity index (χ1) is 15.3. The highest BCUT2D eigenvalue weighted by molar-refractivity contribution is 7.88. The molecule has 0 unspecified atom stereocenters. The van der Waals surface area contributed by atoms with Gasteiger partial charge in [-0.15, -0.1) is 0 Å². The number of carbonyl (C=O) groups is 2. The van der Waals surface area contributed by atoms with Crippen LogP contribution in [0.5, 0.6) is 0 Å². The average Bonchev–Trinajstić information content (AvgIpc) is 3.04. The maximum atomic E-state index is 13.1. The third kappa shape index (κ3) is 6.68. The number of benzene rings is 1. The minimum atomic E-state index is -3.39. The van der Waals surface area contributed by atoms with Gasteiger partial charge in [0, 0.05) is 45.2 Å². The molecule has 3 rings (SSSR count). The van der Waals surface area contributed by atoms with Crippen molar-refractivity contribution in [1.82, 2.24) is 14.1 Å². The molecule has 2 fully saturated rings. The number of carbonyl (C=O) groups excluding carboxylic acids is 2. The van der Waals surface area contributed by atoms with Gasteiger partial charge < -0.3 is 14.5 Å². The summed E-state index contributed by atoms with van der Waals surface area (Å²) < 4.78 is 32.3. The summed E-state index contributed by atoms with van der Waals surface area (Å²) in [5.74, 6) is 0.174. The number of amides is 2. The van der Waals surface area contributed by atoms with Crippen molar-refractivity contribution in [3.63, 3.8) is 0 Å². The number of hydrogen-bond donors (Lipinski definition) is 0. The molecule has 0 N–H and O–H groups in total. The maximum Gasteiger partial charge on any atom is 0.409 e. The molecule has 2 saturated heterocycles. The lowest BCUT2D eigenvalue weighted by Crippen LogP contribution is -2.45. The highest BCUT2D eigenvalue weighted by Gasteiger charge is 2.34. The standard InChI is InChI=1S/C23H35N3O5S/c1-19(2)17-31-23(28)25-12-6-11-24(15-16-25)22(27)21-9-13-26(14-10-21)32(29,30)18-20-7-4-3-5-8-20/h3-5,7-8,19,21H,6,9-18H2,1-2H3. The zero-order chi connectivity index (χ0) is 23.1. The summed E-state index contributed by atoms with van der Waals surface area (Å²) in [6.45, 7) is 7.26. The van der Waals surface area contributed by atoms with E-state index < -0.39 is 10.0 Å². The average molecular weight is 466 g/mol. The van der Waals surface area contributed by atoms with Gasteiger partial charge in [-0.1, -0.05) is 44.2 Å². The molecule has 2 amide bonds. The van der Waals surface area contributed by atoms with E-state index in [0.717, 1.165) is 5.56 Å². The van der Waals surface area contributed by atoms with E-state index in [-0.39, 0.29) is 29.6 Å². The minimum absolute atomic E-state index is 0.0126. The number of hydrogen-bond acceptors (Lipinski definition) is 5. The van der Waals surface area contributed by atoms with Crippen molar-refractivity contribution in [3.8, 4) is 0 Å². The summed E-state index contributed by atoms with van der Waals surface area (Å²) in [5.41, 5.74) is 0.770. The van der Waals surface area contributed by atoms with Gasteiger partial charge in [-0.3, -0.25) is 4.79 Å². The van der Waals surface area contributed by atoms with Crippen molar-refractivity contribution in [3.05, 3.63) is 35.9 Å². The Morgan fingerprint density at radius 1 is 0.969 bits per heavy atom. The topological polar surface area (TPSA) is 87.2 Å². The Kier molecular flexibility index (Phi) is 8.53. The molecule has 9 heteroatoms. The Balaban J connectivity index is 1.48. The Labute approximate surface area is 191 Å². The van der Waals surface area contributed by atoms with Gasteiger partial charge in [0.2, 0.25) is 15.9 Å². The first-order valence-corrected chi connectivity index (χ1v) is 13.1. The normalized spacial score (nSPS) is 19.1. The lowest BCUT2D eigenvalue weighted by molar-refractivity contribution is -0.136. The van der Waals surface area contributed by atoms with E-state index in [0.29, 0.717) is 65.1 Å². The van der Waals surface area contributed by atoms with Crippen molar-refractivity contribution in [2.24, 2.45) is 11.8 Å². The summed E-state index contributed by atoms with van der Waals surface area (Å²) in [6.07, 6.45) is 1.46. The maximum absolute atomic E-state index is 13.1. The van der Waals surface area contributed by atoms with E-state index in [1.807, 2.05) is 49.1 Å². The minimum Gasteiger partial charge on any atom is -0.449 e. The van der Waals surface area contributed by atoms with E-state index >= 15 is 0 Å². The molecular weight excluding hydrogens is 430 g/mol. The molecule has 0 atom stereocenters. The van der Waals surface area contributed by atoms with Crippen molar-refractivity contribution in [2.75, 3.05) is 45.9 Å².